The number of nitrogens with zero attached hydrogens (tertiary/aromatic N) is 3. The summed E-state index contributed by atoms with van der Waals surface area (Å²) in [7, 11) is 0. The van der Waals surface area contributed by atoms with E-state index in [0.29, 0.717) is 36.3 Å². The summed E-state index contributed by atoms with van der Waals surface area (Å²) >= 11 is 0. The van der Waals surface area contributed by atoms with Gasteiger partial charge in [0.2, 0.25) is 0 Å². The van der Waals surface area contributed by atoms with Crippen molar-refractivity contribution in [3.05, 3.63) is 68.5 Å². The van der Waals surface area contributed by atoms with Gasteiger partial charge >= 0.3 is 5.69 Å². The third-order valence-electron chi connectivity index (χ3n) is 4.82. The SMILES string of the molecule is CCn1c(=O)n(-c2ccccc2)c(=O)c2cc3c(nc21)CC(C)(C)OC3. The summed E-state index contributed by atoms with van der Waals surface area (Å²) in [4.78, 5) is 30.8. The molecular weight excluding hydrogens is 330 g/mol. The molecule has 2 aromatic heterocycles. The second kappa shape index (κ2) is 5.92. The van der Waals surface area contributed by atoms with Gasteiger partial charge in [-0.05, 0) is 39.0 Å². The highest BCUT2D eigenvalue weighted by Gasteiger charge is 2.28. The van der Waals surface area contributed by atoms with Crippen molar-refractivity contribution in [1.82, 2.24) is 14.1 Å². The van der Waals surface area contributed by atoms with Crippen molar-refractivity contribution in [3.63, 3.8) is 0 Å². The number of hydrogen-bond acceptors (Lipinski definition) is 4. The Morgan fingerprint density at radius 1 is 1.19 bits per heavy atom. The molecule has 6 heteroatoms. The molecule has 0 N–H and O–H groups in total. The highest BCUT2D eigenvalue weighted by molar-refractivity contribution is 5.76. The van der Waals surface area contributed by atoms with E-state index >= 15 is 0 Å². The Hall–Kier alpha value is -2.73. The van der Waals surface area contributed by atoms with Gasteiger partial charge in [-0.1, -0.05) is 18.2 Å². The molecule has 1 aliphatic heterocycles. The molecule has 0 saturated heterocycles. The topological polar surface area (TPSA) is 66.1 Å². The van der Waals surface area contributed by atoms with Crippen LogP contribution >= 0.6 is 0 Å². The zero-order chi connectivity index (χ0) is 18.5. The van der Waals surface area contributed by atoms with Crippen LogP contribution in [0.4, 0.5) is 0 Å². The number of pyridine rings is 1. The van der Waals surface area contributed by atoms with Crippen molar-refractivity contribution in [1.29, 1.82) is 0 Å². The Morgan fingerprint density at radius 2 is 1.92 bits per heavy atom. The van der Waals surface area contributed by atoms with Crippen molar-refractivity contribution in [2.75, 3.05) is 0 Å². The molecule has 0 fully saturated rings. The third-order valence-corrected chi connectivity index (χ3v) is 4.82. The van der Waals surface area contributed by atoms with E-state index in [2.05, 4.69) is 0 Å². The fourth-order valence-electron chi connectivity index (χ4n) is 3.46. The van der Waals surface area contributed by atoms with E-state index in [-0.39, 0.29) is 16.9 Å². The van der Waals surface area contributed by atoms with Gasteiger partial charge in [-0.15, -0.1) is 0 Å². The fourth-order valence-corrected chi connectivity index (χ4v) is 3.46. The minimum Gasteiger partial charge on any atom is -0.370 e. The van der Waals surface area contributed by atoms with E-state index in [1.807, 2.05) is 45.0 Å². The van der Waals surface area contributed by atoms with Crippen LogP contribution in [0.2, 0.25) is 0 Å². The molecule has 1 aliphatic rings. The lowest BCUT2D eigenvalue weighted by Gasteiger charge is -2.31. The summed E-state index contributed by atoms with van der Waals surface area (Å²) in [6, 6.07) is 10.8. The highest BCUT2D eigenvalue weighted by Crippen LogP contribution is 2.28. The molecule has 0 aliphatic carbocycles. The van der Waals surface area contributed by atoms with Crippen LogP contribution in [-0.4, -0.2) is 19.7 Å². The molecule has 0 bridgehead atoms. The Balaban J connectivity index is 2.07. The largest absolute Gasteiger partial charge is 0.370 e. The number of para-hydroxylation sites is 1. The maximum absolute atomic E-state index is 13.1. The van der Waals surface area contributed by atoms with Gasteiger partial charge in [0.15, 0.2) is 0 Å². The molecule has 3 aromatic rings. The van der Waals surface area contributed by atoms with Gasteiger partial charge in [0.05, 0.1) is 29.0 Å². The predicted octanol–water partition coefficient (Wildman–Crippen LogP) is 2.42. The quantitative estimate of drug-likeness (QED) is 0.711. The van der Waals surface area contributed by atoms with Crippen LogP contribution in [0.15, 0.2) is 46.0 Å². The zero-order valence-corrected chi connectivity index (χ0v) is 15.2. The normalized spacial score (nSPS) is 15.8. The molecule has 6 nitrogen and oxygen atoms in total. The molecule has 0 radical (unpaired) electrons. The first-order chi connectivity index (χ1) is 12.4. The number of aromatic nitrogens is 3. The first kappa shape index (κ1) is 16.7. The number of rotatable bonds is 2. The number of fused-ring (bicyclic) bond motifs is 2. The second-order valence-electron chi connectivity index (χ2n) is 7.19. The van der Waals surface area contributed by atoms with Crippen molar-refractivity contribution in [3.8, 4) is 5.69 Å². The second-order valence-corrected chi connectivity index (χ2v) is 7.19. The van der Waals surface area contributed by atoms with Crippen molar-refractivity contribution < 1.29 is 4.74 Å². The average molecular weight is 351 g/mol. The van der Waals surface area contributed by atoms with Gasteiger partial charge in [-0.2, -0.15) is 0 Å². The lowest BCUT2D eigenvalue weighted by Crippen LogP contribution is -2.40. The van der Waals surface area contributed by atoms with Crippen LogP contribution in [0, 0.1) is 0 Å². The van der Waals surface area contributed by atoms with E-state index < -0.39 is 0 Å². The summed E-state index contributed by atoms with van der Waals surface area (Å²) in [5, 5.41) is 0.442. The number of hydrogen-bond donors (Lipinski definition) is 0. The van der Waals surface area contributed by atoms with Gasteiger partial charge in [0, 0.05) is 18.5 Å². The van der Waals surface area contributed by atoms with Gasteiger partial charge in [-0.3, -0.25) is 9.36 Å². The summed E-state index contributed by atoms with van der Waals surface area (Å²) in [6.45, 7) is 6.77. The monoisotopic (exact) mass is 351 g/mol. The average Bonchev–Trinajstić information content (AvgIpc) is 2.61. The maximum Gasteiger partial charge on any atom is 0.337 e. The summed E-state index contributed by atoms with van der Waals surface area (Å²) < 4.78 is 8.64. The first-order valence-corrected chi connectivity index (χ1v) is 8.79. The van der Waals surface area contributed by atoms with E-state index in [1.165, 1.54) is 4.57 Å². The minimum absolute atomic E-state index is 0.302. The molecule has 26 heavy (non-hydrogen) atoms. The standard InChI is InChI=1S/C20H21N3O3/c1-4-22-17-15(10-13-12-26-20(2,3)11-16(13)21-17)18(24)23(19(22)25)14-8-6-5-7-9-14/h5-10H,4,11-12H2,1-3H3. The van der Waals surface area contributed by atoms with Crippen LogP contribution in [0.1, 0.15) is 32.0 Å². The summed E-state index contributed by atoms with van der Waals surface area (Å²) in [5.41, 5.74) is 1.80. The van der Waals surface area contributed by atoms with E-state index in [1.54, 1.807) is 16.7 Å². The number of benzene rings is 1. The lowest BCUT2D eigenvalue weighted by atomic mass is 9.95. The molecule has 0 atom stereocenters. The minimum atomic E-state index is -0.366. The molecule has 3 heterocycles. The lowest BCUT2D eigenvalue weighted by molar-refractivity contribution is -0.0411. The Kier molecular flexibility index (Phi) is 3.80. The molecule has 0 unspecified atom stereocenters. The van der Waals surface area contributed by atoms with Crippen LogP contribution in [0.5, 0.6) is 0 Å². The van der Waals surface area contributed by atoms with Crippen molar-refractivity contribution in [2.24, 2.45) is 0 Å². The van der Waals surface area contributed by atoms with Gasteiger partial charge in [0.1, 0.15) is 5.65 Å². The van der Waals surface area contributed by atoms with Gasteiger partial charge < -0.3 is 4.74 Å². The van der Waals surface area contributed by atoms with E-state index in [9.17, 15) is 9.59 Å². The zero-order valence-electron chi connectivity index (χ0n) is 15.2. The maximum atomic E-state index is 13.1. The summed E-state index contributed by atoms with van der Waals surface area (Å²) in [6.07, 6.45) is 0.651. The predicted molar refractivity (Wildman–Crippen MR) is 99.8 cm³/mol. The molecular formula is C20H21N3O3. The smallest absolute Gasteiger partial charge is 0.337 e. The van der Waals surface area contributed by atoms with Crippen LogP contribution < -0.4 is 11.2 Å². The van der Waals surface area contributed by atoms with Crippen LogP contribution in [0.3, 0.4) is 0 Å². The number of aryl methyl sites for hydroxylation is 1. The van der Waals surface area contributed by atoms with Crippen LogP contribution in [-0.2, 0) is 24.3 Å². The van der Waals surface area contributed by atoms with Crippen LogP contribution in [0.25, 0.3) is 16.7 Å². The molecule has 0 amide bonds. The third kappa shape index (κ3) is 2.57. The first-order valence-electron chi connectivity index (χ1n) is 8.79. The van der Waals surface area contributed by atoms with Gasteiger partial charge in [0.25, 0.3) is 5.56 Å². The molecule has 134 valence electrons. The van der Waals surface area contributed by atoms with E-state index in [4.69, 9.17) is 9.72 Å². The molecule has 1 aromatic carbocycles. The highest BCUT2D eigenvalue weighted by atomic mass is 16.5. The Bertz CT molecular complexity index is 1110. The van der Waals surface area contributed by atoms with Gasteiger partial charge in [-0.25, -0.2) is 14.3 Å². The summed E-state index contributed by atoms with van der Waals surface area (Å²) in [5.74, 6) is 0. The van der Waals surface area contributed by atoms with Crippen molar-refractivity contribution >= 4 is 11.0 Å². The fraction of sp³-hybridized carbons (Fsp3) is 0.350. The Labute approximate surface area is 150 Å². The molecule has 0 saturated carbocycles. The molecule has 0 spiro atoms. The van der Waals surface area contributed by atoms with E-state index in [0.717, 1.165) is 11.3 Å². The Morgan fingerprint density at radius 3 is 2.62 bits per heavy atom. The van der Waals surface area contributed by atoms with Crippen molar-refractivity contribution in [2.45, 2.75) is 45.9 Å². The number of ether oxygens (including phenoxy) is 1. The molecule has 4 rings (SSSR count).